The SMILES string of the molecule is CCOc1cccc(CNC(=O)c2cccnc2)c1. The number of hydrogen-bond acceptors (Lipinski definition) is 3. The van der Waals surface area contributed by atoms with Gasteiger partial charge in [0.05, 0.1) is 12.2 Å². The third kappa shape index (κ3) is 3.81. The Hall–Kier alpha value is -2.36. The molecule has 0 aliphatic heterocycles. The van der Waals surface area contributed by atoms with Gasteiger partial charge in [-0.25, -0.2) is 0 Å². The molecular formula is C15H16N2O2. The Morgan fingerprint density at radius 2 is 2.21 bits per heavy atom. The Morgan fingerprint density at radius 3 is 2.95 bits per heavy atom. The van der Waals surface area contributed by atoms with E-state index in [4.69, 9.17) is 4.74 Å². The lowest BCUT2D eigenvalue weighted by molar-refractivity contribution is 0.0950. The van der Waals surface area contributed by atoms with Gasteiger partial charge in [-0.15, -0.1) is 0 Å². The molecule has 1 aromatic heterocycles. The van der Waals surface area contributed by atoms with Gasteiger partial charge in [-0.1, -0.05) is 12.1 Å². The van der Waals surface area contributed by atoms with Crippen LogP contribution in [0.15, 0.2) is 48.8 Å². The summed E-state index contributed by atoms with van der Waals surface area (Å²) in [6, 6.07) is 11.2. The van der Waals surface area contributed by atoms with Crippen molar-refractivity contribution in [3.63, 3.8) is 0 Å². The number of benzene rings is 1. The summed E-state index contributed by atoms with van der Waals surface area (Å²) >= 11 is 0. The molecule has 0 bridgehead atoms. The first-order valence-corrected chi connectivity index (χ1v) is 6.19. The molecule has 1 amide bonds. The monoisotopic (exact) mass is 256 g/mol. The maximum absolute atomic E-state index is 11.8. The van der Waals surface area contributed by atoms with Crippen LogP contribution in [0.1, 0.15) is 22.8 Å². The molecule has 0 aliphatic carbocycles. The Bertz CT molecular complexity index is 541. The van der Waals surface area contributed by atoms with Crippen LogP contribution in [0.3, 0.4) is 0 Å². The molecule has 0 saturated carbocycles. The average Bonchev–Trinajstić information content (AvgIpc) is 2.46. The molecular weight excluding hydrogens is 240 g/mol. The zero-order chi connectivity index (χ0) is 13.5. The standard InChI is InChI=1S/C15H16N2O2/c1-2-19-14-7-3-5-12(9-14)10-17-15(18)13-6-4-8-16-11-13/h3-9,11H,2,10H2,1H3,(H,17,18). The number of rotatable bonds is 5. The van der Waals surface area contributed by atoms with Gasteiger partial charge in [0, 0.05) is 18.9 Å². The zero-order valence-corrected chi connectivity index (χ0v) is 10.8. The lowest BCUT2D eigenvalue weighted by Crippen LogP contribution is -2.22. The molecule has 2 rings (SSSR count). The summed E-state index contributed by atoms with van der Waals surface area (Å²) in [7, 11) is 0. The average molecular weight is 256 g/mol. The van der Waals surface area contributed by atoms with E-state index >= 15 is 0 Å². The quantitative estimate of drug-likeness (QED) is 0.893. The third-order valence-electron chi connectivity index (χ3n) is 2.59. The summed E-state index contributed by atoms with van der Waals surface area (Å²) in [4.78, 5) is 15.8. The highest BCUT2D eigenvalue weighted by Gasteiger charge is 2.04. The van der Waals surface area contributed by atoms with Crippen molar-refractivity contribution in [2.24, 2.45) is 0 Å². The molecule has 1 aromatic carbocycles. The Morgan fingerprint density at radius 1 is 1.32 bits per heavy atom. The van der Waals surface area contributed by atoms with Crippen LogP contribution in [-0.4, -0.2) is 17.5 Å². The number of carbonyl (C=O) groups is 1. The van der Waals surface area contributed by atoms with Crippen molar-refractivity contribution in [2.45, 2.75) is 13.5 Å². The topological polar surface area (TPSA) is 51.2 Å². The molecule has 19 heavy (non-hydrogen) atoms. The van der Waals surface area contributed by atoms with Gasteiger partial charge in [0.2, 0.25) is 0 Å². The number of hydrogen-bond donors (Lipinski definition) is 1. The fourth-order valence-electron chi connectivity index (χ4n) is 1.69. The second kappa shape index (κ2) is 6.54. The number of nitrogens with zero attached hydrogens (tertiary/aromatic N) is 1. The second-order valence-electron chi connectivity index (χ2n) is 4.00. The summed E-state index contributed by atoms with van der Waals surface area (Å²) in [5.74, 6) is 0.686. The number of nitrogens with one attached hydrogen (secondary N) is 1. The molecule has 0 unspecified atom stereocenters. The van der Waals surface area contributed by atoms with Gasteiger partial charge in [-0.05, 0) is 36.8 Å². The number of pyridine rings is 1. The van der Waals surface area contributed by atoms with E-state index in [0.29, 0.717) is 18.7 Å². The molecule has 0 atom stereocenters. The minimum absolute atomic E-state index is 0.130. The van der Waals surface area contributed by atoms with E-state index in [1.807, 2.05) is 31.2 Å². The van der Waals surface area contributed by atoms with Crippen molar-refractivity contribution in [2.75, 3.05) is 6.61 Å². The summed E-state index contributed by atoms with van der Waals surface area (Å²) in [5, 5.41) is 2.85. The molecule has 1 heterocycles. The summed E-state index contributed by atoms with van der Waals surface area (Å²) < 4.78 is 5.42. The van der Waals surface area contributed by atoms with Crippen LogP contribution in [0.2, 0.25) is 0 Å². The lowest BCUT2D eigenvalue weighted by atomic mass is 10.2. The van der Waals surface area contributed by atoms with Crippen molar-refractivity contribution in [3.8, 4) is 5.75 Å². The van der Waals surface area contributed by atoms with Gasteiger partial charge >= 0.3 is 0 Å². The normalized spacial score (nSPS) is 9.95. The first kappa shape index (κ1) is 13.1. The van der Waals surface area contributed by atoms with E-state index in [9.17, 15) is 4.79 Å². The van der Waals surface area contributed by atoms with Gasteiger partial charge < -0.3 is 10.1 Å². The largest absolute Gasteiger partial charge is 0.494 e. The van der Waals surface area contributed by atoms with Crippen LogP contribution in [-0.2, 0) is 6.54 Å². The molecule has 2 aromatic rings. The van der Waals surface area contributed by atoms with E-state index in [1.165, 1.54) is 0 Å². The summed E-state index contributed by atoms with van der Waals surface area (Å²) in [6.45, 7) is 3.04. The van der Waals surface area contributed by atoms with Crippen LogP contribution in [0.5, 0.6) is 5.75 Å². The minimum atomic E-state index is -0.130. The van der Waals surface area contributed by atoms with Gasteiger partial charge in [-0.3, -0.25) is 9.78 Å². The van der Waals surface area contributed by atoms with Gasteiger partial charge in [-0.2, -0.15) is 0 Å². The fourth-order valence-corrected chi connectivity index (χ4v) is 1.69. The van der Waals surface area contributed by atoms with Crippen molar-refractivity contribution < 1.29 is 9.53 Å². The number of ether oxygens (including phenoxy) is 1. The Balaban J connectivity index is 1.95. The number of aromatic nitrogens is 1. The molecule has 0 aliphatic rings. The molecule has 4 heteroatoms. The number of carbonyl (C=O) groups excluding carboxylic acids is 1. The highest BCUT2D eigenvalue weighted by Crippen LogP contribution is 2.13. The zero-order valence-electron chi connectivity index (χ0n) is 10.8. The van der Waals surface area contributed by atoms with Gasteiger partial charge in [0.15, 0.2) is 0 Å². The lowest BCUT2D eigenvalue weighted by Gasteiger charge is -2.07. The molecule has 0 fully saturated rings. The molecule has 1 N–H and O–H groups in total. The van der Waals surface area contributed by atoms with Crippen LogP contribution in [0, 0.1) is 0 Å². The van der Waals surface area contributed by atoms with E-state index < -0.39 is 0 Å². The molecule has 0 saturated heterocycles. The summed E-state index contributed by atoms with van der Waals surface area (Å²) in [5.41, 5.74) is 1.56. The maximum atomic E-state index is 11.8. The van der Waals surface area contributed by atoms with E-state index in [0.717, 1.165) is 11.3 Å². The Kier molecular flexibility index (Phi) is 4.50. The summed E-state index contributed by atoms with van der Waals surface area (Å²) in [6.07, 6.45) is 3.19. The highest BCUT2D eigenvalue weighted by atomic mass is 16.5. The maximum Gasteiger partial charge on any atom is 0.253 e. The minimum Gasteiger partial charge on any atom is -0.494 e. The second-order valence-corrected chi connectivity index (χ2v) is 4.00. The first-order chi connectivity index (χ1) is 9.29. The van der Waals surface area contributed by atoms with Crippen molar-refractivity contribution in [1.82, 2.24) is 10.3 Å². The predicted molar refractivity (Wildman–Crippen MR) is 73.0 cm³/mol. The van der Waals surface area contributed by atoms with E-state index in [2.05, 4.69) is 10.3 Å². The van der Waals surface area contributed by atoms with Crippen LogP contribution in [0.25, 0.3) is 0 Å². The predicted octanol–water partition coefficient (Wildman–Crippen LogP) is 2.41. The highest BCUT2D eigenvalue weighted by molar-refractivity contribution is 5.93. The van der Waals surface area contributed by atoms with E-state index in [1.54, 1.807) is 24.5 Å². The third-order valence-corrected chi connectivity index (χ3v) is 2.59. The molecule has 0 radical (unpaired) electrons. The fraction of sp³-hybridized carbons (Fsp3) is 0.200. The van der Waals surface area contributed by atoms with Gasteiger partial charge in [0.1, 0.15) is 5.75 Å². The van der Waals surface area contributed by atoms with Crippen molar-refractivity contribution in [1.29, 1.82) is 0 Å². The molecule has 0 spiro atoms. The van der Waals surface area contributed by atoms with Crippen LogP contribution >= 0.6 is 0 Å². The van der Waals surface area contributed by atoms with Crippen molar-refractivity contribution in [3.05, 3.63) is 59.9 Å². The van der Waals surface area contributed by atoms with Crippen molar-refractivity contribution >= 4 is 5.91 Å². The van der Waals surface area contributed by atoms with Crippen LogP contribution in [0.4, 0.5) is 0 Å². The van der Waals surface area contributed by atoms with E-state index in [-0.39, 0.29) is 5.91 Å². The van der Waals surface area contributed by atoms with Gasteiger partial charge in [0.25, 0.3) is 5.91 Å². The smallest absolute Gasteiger partial charge is 0.253 e. The number of amides is 1. The van der Waals surface area contributed by atoms with Crippen LogP contribution < -0.4 is 10.1 Å². The Labute approximate surface area is 112 Å². The molecule has 98 valence electrons. The molecule has 4 nitrogen and oxygen atoms in total. The first-order valence-electron chi connectivity index (χ1n) is 6.19.